The van der Waals surface area contributed by atoms with E-state index in [-0.39, 0.29) is 25.7 Å². The Bertz CT molecular complexity index is 1930. The number of aliphatic hydroxyl groups excluding tert-OH is 1. The third-order valence-corrected chi connectivity index (χ3v) is 21.2. The summed E-state index contributed by atoms with van der Waals surface area (Å²) in [5.41, 5.74) is 0. The van der Waals surface area contributed by atoms with Gasteiger partial charge in [0.1, 0.15) is 19.3 Å². The summed E-state index contributed by atoms with van der Waals surface area (Å²) >= 11 is 0. The summed E-state index contributed by atoms with van der Waals surface area (Å²) in [4.78, 5) is 73.0. The van der Waals surface area contributed by atoms with Crippen LogP contribution < -0.4 is 0 Å². The molecule has 0 heterocycles. The summed E-state index contributed by atoms with van der Waals surface area (Å²) in [5.74, 6) is -0.559. The molecule has 0 aliphatic heterocycles. The van der Waals surface area contributed by atoms with Crippen LogP contribution in [0, 0.1) is 11.8 Å². The molecule has 100 heavy (non-hydrogen) atoms. The van der Waals surface area contributed by atoms with Crippen LogP contribution in [0.25, 0.3) is 0 Å². The Balaban J connectivity index is 5.20. The van der Waals surface area contributed by atoms with Gasteiger partial charge in [0.2, 0.25) is 0 Å². The number of phosphoric ester groups is 2. The number of esters is 4. The number of hydrogen-bond donors (Lipinski definition) is 3. The minimum atomic E-state index is -4.96. The Hall–Kier alpha value is -1.94. The maximum atomic E-state index is 13.1. The molecule has 17 nitrogen and oxygen atoms in total. The number of ether oxygens (including phenoxy) is 4. The first-order valence-electron chi connectivity index (χ1n) is 42.0. The molecule has 0 aromatic carbocycles. The Morgan fingerprint density at radius 2 is 0.510 bits per heavy atom. The van der Waals surface area contributed by atoms with Crippen molar-refractivity contribution in [3.63, 3.8) is 0 Å². The summed E-state index contributed by atoms with van der Waals surface area (Å²) in [7, 11) is -9.92. The molecule has 0 amide bonds. The van der Waals surface area contributed by atoms with Crippen LogP contribution in [0.4, 0.5) is 0 Å². The number of rotatable bonds is 80. The molecule has 0 radical (unpaired) electrons. The van der Waals surface area contributed by atoms with Crippen molar-refractivity contribution in [1.29, 1.82) is 0 Å². The molecule has 6 atom stereocenters. The smallest absolute Gasteiger partial charge is 0.462 e. The van der Waals surface area contributed by atoms with E-state index in [2.05, 4.69) is 41.5 Å². The number of aliphatic hydroxyl groups is 1. The standard InChI is InChI=1S/C81H158O17P2/c1-7-10-12-14-16-18-20-22-28-33-36-40-44-51-57-63-78(83)91-69-76(97-80(85)66-60-54-46-42-38-34-30-27-25-24-26-29-31-35-39-43-50-56-62-74(6)9-3)71-95-99(87,88)93-67-75(82)68-94-100(89,90)96-72-77(70-92-79(84)64-58-52-48-47-49-55-61-73(4)5)98-81(86)65-59-53-45-41-37-32-23-21-19-17-15-13-11-8-2/h73-77,82H,7-72H2,1-6H3,(H,87,88)(H,89,90)/t74?,75-,76-,77-/m1/s1. The predicted octanol–water partition coefficient (Wildman–Crippen LogP) is 24.3. The SMILES string of the molecule is CCCCCCCCCCCCCCCCCC(=O)OC[C@H](COP(=O)(O)OC[C@@H](O)COP(=O)(O)OC[C@@H](COC(=O)CCCCCCCCC(C)C)OC(=O)CCCCCCCCCCCCCCCC)OC(=O)CCCCCCCCCCCCCCCCCCCCC(C)CC. The molecule has 0 aromatic heterocycles. The number of hydrogen-bond acceptors (Lipinski definition) is 15. The maximum absolute atomic E-state index is 13.1. The maximum Gasteiger partial charge on any atom is 0.472 e. The van der Waals surface area contributed by atoms with E-state index in [1.165, 1.54) is 238 Å². The Labute approximate surface area is 613 Å². The van der Waals surface area contributed by atoms with E-state index >= 15 is 0 Å². The third kappa shape index (κ3) is 73.0. The van der Waals surface area contributed by atoms with Gasteiger partial charge in [0.05, 0.1) is 26.4 Å². The summed E-state index contributed by atoms with van der Waals surface area (Å²) in [6, 6.07) is 0. The molecule has 3 unspecified atom stereocenters. The lowest BCUT2D eigenvalue weighted by molar-refractivity contribution is -0.161. The zero-order valence-electron chi connectivity index (χ0n) is 65.5. The van der Waals surface area contributed by atoms with Crippen LogP contribution in [0.3, 0.4) is 0 Å². The van der Waals surface area contributed by atoms with Gasteiger partial charge in [0, 0.05) is 25.7 Å². The van der Waals surface area contributed by atoms with Gasteiger partial charge in [-0.3, -0.25) is 37.3 Å². The van der Waals surface area contributed by atoms with Crippen molar-refractivity contribution in [1.82, 2.24) is 0 Å². The fourth-order valence-electron chi connectivity index (χ4n) is 12.5. The first kappa shape index (κ1) is 98.1. The lowest BCUT2D eigenvalue weighted by Gasteiger charge is -2.21. The Morgan fingerprint density at radius 3 is 0.760 bits per heavy atom. The van der Waals surface area contributed by atoms with E-state index in [1.54, 1.807) is 0 Å². The van der Waals surface area contributed by atoms with Crippen LogP contribution in [-0.4, -0.2) is 96.7 Å². The van der Waals surface area contributed by atoms with E-state index in [1.807, 2.05) is 0 Å². The molecule has 0 aliphatic rings. The number of unbranched alkanes of at least 4 members (excludes halogenated alkanes) is 49. The second-order valence-corrected chi connectivity index (χ2v) is 32.8. The second kappa shape index (κ2) is 72.6. The van der Waals surface area contributed by atoms with Crippen molar-refractivity contribution >= 4 is 39.5 Å². The fraction of sp³-hybridized carbons (Fsp3) is 0.951. The quantitative estimate of drug-likeness (QED) is 0.0222. The largest absolute Gasteiger partial charge is 0.472 e. The molecule has 0 bridgehead atoms. The van der Waals surface area contributed by atoms with E-state index in [0.717, 1.165) is 102 Å². The normalized spacial score (nSPS) is 14.2. The van der Waals surface area contributed by atoms with Gasteiger partial charge < -0.3 is 33.8 Å². The second-order valence-electron chi connectivity index (χ2n) is 29.9. The van der Waals surface area contributed by atoms with Crippen molar-refractivity contribution in [2.45, 2.75) is 445 Å². The van der Waals surface area contributed by atoms with Crippen LogP contribution in [0.5, 0.6) is 0 Å². The summed E-state index contributed by atoms with van der Waals surface area (Å²) in [6.07, 6.45) is 62.5. The average molecular weight is 1470 g/mol. The van der Waals surface area contributed by atoms with Crippen molar-refractivity contribution in [3.05, 3.63) is 0 Å². The number of carbonyl (C=O) groups is 4. The molecule has 0 rings (SSSR count). The third-order valence-electron chi connectivity index (χ3n) is 19.3. The molecule has 0 fully saturated rings. The highest BCUT2D eigenvalue weighted by Gasteiger charge is 2.30. The van der Waals surface area contributed by atoms with Gasteiger partial charge in [0.25, 0.3) is 0 Å². The molecular formula is C81H158O17P2. The first-order chi connectivity index (χ1) is 48.4. The average Bonchev–Trinajstić information content (AvgIpc) is 0.917. The molecule has 19 heteroatoms. The zero-order chi connectivity index (χ0) is 73.5. The van der Waals surface area contributed by atoms with Gasteiger partial charge in [-0.1, -0.05) is 375 Å². The van der Waals surface area contributed by atoms with Crippen LogP contribution in [0.1, 0.15) is 427 Å². The molecule has 0 saturated carbocycles. The molecule has 0 spiro atoms. The van der Waals surface area contributed by atoms with Crippen molar-refractivity contribution in [3.8, 4) is 0 Å². The Morgan fingerprint density at radius 1 is 0.290 bits per heavy atom. The van der Waals surface area contributed by atoms with E-state index in [4.69, 9.17) is 37.0 Å². The highest BCUT2D eigenvalue weighted by molar-refractivity contribution is 7.47. The highest BCUT2D eigenvalue weighted by atomic mass is 31.2. The van der Waals surface area contributed by atoms with Crippen LogP contribution in [0.2, 0.25) is 0 Å². The molecule has 0 aromatic rings. The predicted molar refractivity (Wildman–Crippen MR) is 409 cm³/mol. The van der Waals surface area contributed by atoms with E-state index < -0.39 is 97.5 Å². The molecule has 0 saturated heterocycles. The van der Waals surface area contributed by atoms with Gasteiger partial charge in [-0.15, -0.1) is 0 Å². The first-order valence-corrected chi connectivity index (χ1v) is 45.0. The summed E-state index contributed by atoms with van der Waals surface area (Å²) < 4.78 is 68.7. The zero-order valence-corrected chi connectivity index (χ0v) is 67.3. The van der Waals surface area contributed by atoms with Crippen molar-refractivity contribution in [2.24, 2.45) is 11.8 Å². The lowest BCUT2D eigenvalue weighted by atomic mass is 9.99. The minimum Gasteiger partial charge on any atom is -0.462 e. The molecular weight excluding hydrogens is 1310 g/mol. The van der Waals surface area contributed by atoms with Crippen LogP contribution in [-0.2, 0) is 65.4 Å². The van der Waals surface area contributed by atoms with Gasteiger partial charge in [-0.2, -0.15) is 0 Å². The molecule has 594 valence electrons. The lowest BCUT2D eigenvalue weighted by Crippen LogP contribution is -2.30. The highest BCUT2D eigenvalue weighted by Crippen LogP contribution is 2.45. The van der Waals surface area contributed by atoms with Crippen molar-refractivity contribution < 1.29 is 80.2 Å². The number of phosphoric acid groups is 2. The van der Waals surface area contributed by atoms with E-state index in [9.17, 15) is 43.2 Å². The van der Waals surface area contributed by atoms with Gasteiger partial charge in [-0.25, -0.2) is 9.13 Å². The van der Waals surface area contributed by atoms with E-state index in [0.29, 0.717) is 31.6 Å². The van der Waals surface area contributed by atoms with Crippen LogP contribution in [0.15, 0.2) is 0 Å². The monoisotopic (exact) mass is 1470 g/mol. The molecule has 3 N–H and O–H groups in total. The fourth-order valence-corrected chi connectivity index (χ4v) is 14.1. The minimum absolute atomic E-state index is 0.107. The van der Waals surface area contributed by atoms with Crippen LogP contribution >= 0.6 is 15.6 Å². The summed E-state index contributed by atoms with van der Waals surface area (Å²) in [6.45, 7) is 9.62. The van der Waals surface area contributed by atoms with Gasteiger partial charge in [0.15, 0.2) is 12.2 Å². The van der Waals surface area contributed by atoms with Crippen molar-refractivity contribution in [2.75, 3.05) is 39.6 Å². The topological polar surface area (TPSA) is 237 Å². The summed E-state index contributed by atoms with van der Waals surface area (Å²) in [5, 5.41) is 10.6. The van der Waals surface area contributed by atoms with Gasteiger partial charge >= 0.3 is 39.5 Å². The molecule has 0 aliphatic carbocycles. The Kier molecular flexibility index (Phi) is 71.2. The number of carbonyl (C=O) groups excluding carboxylic acids is 4. The van der Waals surface area contributed by atoms with Gasteiger partial charge in [-0.05, 0) is 37.5 Å².